The topological polar surface area (TPSA) is 57.5 Å². The van der Waals surface area contributed by atoms with E-state index in [1.807, 2.05) is 32.9 Å². The fourth-order valence-corrected chi connectivity index (χ4v) is 2.31. The SMILES string of the molecule is C=C1N=C(N2CCN(C(=O)OC(C)(C)C)CC2)C=CC1=NC. The lowest BCUT2D eigenvalue weighted by molar-refractivity contribution is 0.0187. The van der Waals surface area contributed by atoms with Crippen LogP contribution in [0, 0.1) is 0 Å². The standard InChI is InChI=1S/C16H24N4O2/c1-12-13(17-5)6-7-14(18-12)19-8-10-20(11-9-19)15(21)22-16(2,3)4/h6-7H,1,8-11H2,2-5H3. The number of amidine groups is 1. The molecule has 120 valence electrons. The van der Waals surface area contributed by atoms with Gasteiger partial charge >= 0.3 is 6.09 Å². The van der Waals surface area contributed by atoms with Crippen molar-refractivity contribution in [3.8, 4) is 0 Å². The van der Waals surface area contributed by atoms with Gasteiger partial charge in [0.2, 0.25) is 0 Å². The summed E-state index contributed by atoms with van der Waals surface area (Å²) in [4.78, 5) is 24.5. The Bertz CT molecular complexity index is 547. The van der Waals surface area contributed by atoms with Crippen LogP contribution in [0.2, 0.25) is 0 Å². The van der Waals surface area contributed by atoms with Crippen LogP contribution in [0.5, 0.6) is 0 Å². The summed E-state index contributed by atoms with van der Waals surface area (Å²) >= 11 is 0. The van der Waals surface area contributed by atoms with Gasteiger partial charge in [-0.05, 0) is 32.9 Å². The van der Waals surface area contributed by atoms with Crippen molar-refractivity contribution >= 4 is 17.6 Å². The molecular weight excluding hydrogens is 280 g/mol. The Morgan fingerprint density at radius 1 is 1.27 bits per heavy atom. The second-order valence-corrected chi connectivity index (χ2v) is 6.31. The monoisotopic (exact) mass is 304 g/mol. The first-order valence-corrected chi connectivity index (χ1v) is 7.46. The van der Waals surface area contributed by atoms with Crippen molar-refractivity contribution < 1.29 is 9.53 Å². The Balaban J connectivity index is 1.92. The highest BCUT2D eigenvalue weighted by atomic mass is 16.6. The summed E-state index contributed by atoms with van der Waals surface area (Å²) in [7, 11) is 1.73. The van der Waals surface area contributed by atoms with Crippen LogP contribution in [0.3, 0.4) is 0 Å². The Kier molecular flexibility index (Phi) is 4.68. The average Bonchev–Trinajstić information content (AvgIpc) is 2.45. The molecular formula is C16H24N4O2. The molecule has 0 atom stereocenters. The second-order valence-electron chi connectivity index (χ2n) is 6.31. The van der Waals surface area contributed by atoms with E-state index in [4.69, 9.17) is 4.74 Å². The first-order chi connectivity index (χ1) is 10.3. The number of amides is 1. The smallest absolute Gasteiger partial charge is 0.410 e. The van der Waals surface area contributed by atoms with Gasteiger partial charge in [0.1, 0.15) is 11.4 Å². The molecule has 1 fully saturated rings. The molecule has 6 nitrogen and oxygen atoms in total. The van der Waals surface area contributed by atoms with Gasteiger partial charge in [0.05, 0.1) is 11.4 Å². The Hall–Kier alpha value is -2.11. The first-order valence-electron chi connectivity index (χ1n) is 7.46. The third kappa shape index (κ3) is 3.96. The maximum absolute atomic E-state index is 12.0. The highest BCUT2D eigenvalue weighted by molar-refractivity contribution is 6.15. The maximum Gasteiger partial charge on any atom is 0.410 e. The van der Waals surface area contributed by atoms with Gasteiger partial charge in [-0.15, -0.1) is 0 Å². The molecule has 0 unspecified atom stereocenters. The van der Waals surface area contributed by atoms with Crippen LogP contribution < -0.4 is 0 Å². The summed E-state index contributed by atoms with van der Waals surface area (Å²) in [6, 6.07) is 0. The molecule has 1 saturated heterocycles. The van der Waals surface area contributed by atoms with E-state index in [0.29, 0.717) is 18.8 Å². The molecule has 0 aromatic carbocycles. The van der Waals surface area contributed by atoms with Crippen molar-refractivity contribution in [3.63, 3.8) is 0 Å². The lowest BCUT2D eigenvalue weighted by atomic mass is 10.2. The van der Waals surface area contributed by atoms with E-state index in [1.165, 1.54) is 0 Å². The number of carbonyl (C=O) groups is 1. The summed E-state index contributed by atoms with van der Waals surface area (Å²) < 4.78 is 5.40. The number of allylic oxidation sites excluding steroid dienone is 1. The van der Waals surface area contributed by atoms with E-state index in [0.717, 1.165) is 24.6 Å². The number of ether oxygens (including phenoxy) is 1. The number of hydrogen-bond donors (Lipinski definition) is 0. The van der Waals surface area contributed by atoms with E-state index in [9.17, 15) is 4.79 Å². The summed E-state index contributed by atoms with van der Waals surface area (Å²) in [6.07, 6.45) is 3.61. The van der Waals surface area contributed by atoms with Crippen molar-refractivity contribution in [2.75, 3.05) is 33.2 Å². The third-order valence-electron chi connectivity index (χ3n) is 3.43. The van der Waals surface area contributed by atoms with Gasteiger partial charge in [-0.3, -0.25) is 4.99 Å². The molecule has 1 amide bonds. The van der Waals surface area contributed by atoms with Crippen LogP contribution in [0.4, 0.5) is 4.79 Å². The minimum atomic E-state index is -0.460. The van der Waals surface area contributed by atoms with Crippen LogP contribution in [0.25, 0.3) is 0 Å². The lowest BCUT2D eigenvalue weighted by Crippen LogP contribution is -2.51. The fourth-order valence-electron chi connectivity index (χ4n) is 2.31. The van der Waals surface area contributed by atoms with E-state index in [-0.39, 0.29) is 6.09 Å². The number of piperazine rings is 1. The number of carbonyl (C=O) groups excluding carboxylic acids is 1. The zero-order chi connectivity index (χ0) is 16.3. The Labute approximate surface area is 131 Å². The van der Waals surface area contributed by atoms with E-state index in [1.54, 1.807) is 11.9 Å². The first kappa shape index (κ1) is 16.3. The van der Waals surface area contributed by atoms with Crippen molar-refractivity contribution in [1.29, 1.82) is 0 Å². The zero-order valence-corrected chi connectivity index (χ0v) is 13.8. The van der Waals surface area contributed by atoms with E-state index < -0.39 is 5.60 Å². The van der Waals surface area contributed by atoms with Crippen LogP contribution >= 0.6 is 0 Å². The van der Waals surface area contributed by atoms with Gasteiger partial charge in [0.25, 0.3) is 0 Å². The summed E-state index contributed by atoms with van der Waals surface area (Å²) in [5.41, 5.74) is 1.02. The van der Waals surface area contributed by atoms with Gasteiger partial charge in [-0.1, -0.05) is 6.58 Å². The van der Waals surface area contributed by atoms with Crippen LogP contribution in [-0.2, 0) is 4.74 Å². The summed E-state index contributed by atoms with van der Waals surface area (Å²) in [5.74, 6) is 0.876. The largest absolute Gasteiger partial charge is 0.444 e. The van der Waals surface area contributed by atoms with Crippen LogP contribution in [0.15, 0.2) is 34.4 Å². The van der Waals surface area contributed by atoms with Crippen LogP contribution in [0.1, 0.15) is 20.8 Å². The van der Waals surface area contributed by atoms with E-state index in [2.05, 4.69) is 21.5 Å². The average molecular weight is 304 g/mol. The Morgan fingerprint density at radius 2 is 1.91 bits per heavy atom. The molecule has 0 aromatic heterocycles. The molecule has 6 heteroatoms. The number of aliphatic imine (C=N–C) groups is 2. The second kappa shape index (κ2) is 6.34. The van der Waals surface area contributed by atoms with Gasteiger partial charge < -0.3 is 14.5 Å². The molecule has 2 aliphatic rings. The number of nitrogens with zero attached hydrogens (tertiary/aromatic N) is 4. The summed E-state index contributed by atoms with van der Waals surface area (Å²) in [5, 5.41) is 0. The van der Waals surface area contributed by atoms with Gasteiger partial charge in [0.15, 0.2) is 0 Å². The molecule has 0 saturated carbocycles. The highest BCUT2D eigenvalue weighted by Gasteiger charge is 2.27. The quantitative estimate of drug-likeness (QED) is 0.688. The molecule has 0 spiro atoms. The van der Waals surface area contributed by atoms with Gasteiger partial charge in [0, 0.05) is 33.2 Å². The fraction of sp³-hybridized carbons (Fsp3) is 0.562. The maximum atomic E-state index is 12.0. The highest BCUT2D eigenvalue weighted by Crippen LogP contribution is 2.14. The molecule has 0 aliphatic carbocycles. The normalized spacial score (nSPS) is 21.2. The van der Waals surface area contributed by atoms with Crippen molar-refractivity contribution in [1.82, 2.24) is 9.80 Å². The molecule has 0 N–H and O–H groups in total. The lowest BCUT2D eigenvalue weighted by Gasteiger charge is -2.37. The van der Waals surface area contributed by atoms with Crippen molar-refractivity contribution in [2.24, 2.45) is 9.98 Å². The molecule has 0 bridgehead atoms. The molecule has 2 rings (SSSR count). The van der Waals surface area contributed by atoms with Crippen molar-refractivity contribution in [2.45, 2.75) is 26.4 Å². The number of rotatable bonds is 0. The van der Waals surface area contributed by atoms with Gasteiger partial charge in [-0.2, -0.15) is 0 Å². The molecule has 2 heterocycles. The molecule has 2 aliphatic heterocycles. The minimum Gasteiger partial charge on any atom is -0.444 e. The number of hydrogen-bond acceptors (Lipinski definition) is 5. The summed E-state index contributed by atoms with van der Waals surface area (Å²) in [6.45, 7) is 12.3. The van der Waals surface area contributed by atoms with Gasteiger partial charge in [-0.25, -0.2) is 9.79 Å². The van der Waals surface area contributed by atoms with Crippen molar-refractivity contribution in [3.05, 3.63) is 24.4 Å². The van der Waals surface area contributed by atoms with E-state index >= 15 is 0 Å². The molecule has 0 radical (unpaired) electrons. The Morgan fingerprint density at radius 3 is 2.41 bits per heavy atom. The molecule has 0 aromatic rings. The predicted molar refractivity (Wildman–Crippen MR) is 88.5 cm³/mol. The number of dihydropyridines is 1. The minimum absolute atomic E-state index is 0.252. The predicted octanol–water partition coefficient (Wildman–Crippen LogP) is 2.09. The zero-order valence-electron chi connectivity index (χ0n) is 13.8. The third-order valence-corrected chi connectivity index (χ3v) is 3.43. The molecule has 22 heavy (non-hydrogen) atoms. The van der Waals surface area contributed by atoms with Crippen LogP contribution in [-0.4, -0.2) is 66.3 Å².